The Labute approximate surface area is 120 Å². The fourth-order valence-corrected chi connectivity index (χ4v) is 3.29. The van der Waals surface area contributed by atoms with Crippen molar-refractivity contribution in [1.29, 1.82) is 0 Å². The van der Waals surface area contributed by atoms with Crippen molar-refractivity contribution in [3.05, 3.63) is 0 Å². The lowest BCUT2D eigenvalue weighted by Crippen LogP contribution is -2.54. The number of ether oxygens (including phenoxy) is 2. The fourth-order valence-electron chi connectivity index (χ4n) is 3.29. The molecule has 0 atom stereocenters. The molecule has 3 fully saturated rings. The minimum Gasteiger partial charge on any atom is -0.346 e. The van der Waals surface area contributed by atoms with Gasteiger partial charge in [0.2, 0.25) is 5.91 Å². The number of piperazine rings is 1. The second-order valence-electron chi connectivity index (χ2n) is 6.11. The zero-order chi connectivity index (χ0) is 14.0. The van der Waals surface area contributed by atoms with Gasteiger partial charge in [-0.05, 0) is 20.0 Å². The molecule has 0 aromatic rings. The third-order valence-electron chi connectivity index (χ3n) is 4.52. The van der Waals surface area contributed by atoms with Crippen LogP contribution in [0.4, 0.5) is 0 Å². The summed E-state index contributed by atoms with van der Waals surface area (Å²) in [7, 11) is 2.10. The third kappa shape index (κ3) is 3.14. The number of hydrogen-bond donors (Lipinski definition) is 0. The molecule has 3 aliphatic heterocycles. The summed E-state index contributed by atoms with van der Waals surface area (Å²) >= 11 is 0. The molecular weight excluding hydrogens is 258 g/mol. The predicted molar refractivity (Wildman–Crippen MR) is 74.4 cm³/mol. The van der Waals surface area contributed by atoms with Gasteiger partial charge in [-0.1, -0.05) is 0 Å². The maximum Gasteiger partial charge on any atom is 0.236 e. The van der Waals surface area contributed by atoms with Crippen molar-refractivity contribution in [1.82, 2.24) is 14.7 Å². The summed E-state index contributed by atoms with van der Waals surface area (Å²) in [5.74, 6) is -0.186. The summed E-state index contributed by atoms with van der Waals surface area (Å²) in [6, 6.07) is 0. The molecule has 20 heavy (non-hydrogen) atoms. The summed E-state index contributed by atoms with van der Waals surface area (Å²) in [5, 5.41) is 0. The number of amides is 1. The van der Waals surface area contributed by atoms with Gasteiger partial charge in [0.25, 0.3) is 0 Å². The first-order valence-electron chi connectivity index (χ1n) is 7.63. The van der Waals surface area contributed by atoms with Gasteiger partial charge in [-0.25, -0.2) is 0 Å². The predicted octanol–water partition coefficient (Wildman–Crippen LogP) is -0.401. The van der Waals surface area contributed by atoms with E-state index >= 15 is 0 Å². The van der Waals surface area contributed by atoms with Crippen molar-refractivity contribution in [2.75, 3.05) is 66.1 Å². The number of hydrogen-bond acceptors (Lipinski definition) is 5. The Morgan fingerprint density at radius 2 is 1.80 bits per heavy atom. The van der Waals surface area contributed by atoms with Gasteiger partial charge in [0.05, 0.1) is 26.3 Å². The minimum absolute atomic E-state index is 0.244. The van der Waals surface area contributed by atoms with E-state index in [-0.39, 0.29) is 5.91 Å². The van der Waals surface area contributed by atoms with Crippen molar-refractivity contribution < 1.29 is 14.3 Å². The monoisotopic (exact) mass is 283 g/mol. The van der Waals surface area contributed by atoms with Gasteiger partial charge in [-0.2, -0.15) is 0 Å². The lowest BCUT2D eigenvalue weighted by molar-refractivity contribution is -0.190. The van der Waals surface area contributed by atoms with Gasteiger partial charge >= 0.3 is 0 Å². The zero-order valence-electron chi connectivity index (χ0n) is 12.3. The second kappa shape index (κ2) is 5.97. The van der Waals surface area contributed by atoms with E-state index in [9.17, 15) is 4.79 Å². The van der Waals surface area contributed by atoms with Crippen LogP contribution in [-0.4, -0.2) is 92.5 Å². The highest BCUT2D eigenvalue weighted by molar-refractivity contribution is 5.78. The molecule has 6 heteroatoms. The van der Waals surface area contributed by atoms with Gasteiger partial charge in [0, 0.05) is 32.6 Å². The lowest BCUT2D eigenvalue weighted by Gasteiger charge is -2.39. The van der Waals surface area contributed by atoms with Gasteiger partial charge < -0.3 is 19.3 Å². The van der Waals surface area contributed by atoms with Crippen LogP contribution in [0.3, 0.4) is 0 Å². The Morgan fingerprint density at radius 3 is 2.50 bits per heavy atom. The third-order valence-corrected chi connectivity index (χ3v) is 4.52. The van der Waals surface area contributed by atoms with Crippen LogP contribution >= 0.6 is 0 Å². The Kier molecular flexibility index (Phi) is 4.26. The van der Waals surface area contributed by atoms with E-state index in [2.05, 4.69) is 16.8 Å². The van der Waals surface area contributed by atoms with E-state index in [1.54, 1.807) is 0 Å². The smallest absolute Gasteiger partial charge is 0.236 e. The van der Waals surface area contributed by atoms with Crippen LogP contribution in [-0.2, 0) is 14.3 Å². The molecule has 0 N–H and O–H groups in total. The lowest BCUT2D eigenvalue weighted by atomic mass is 10.0. The average molecular weight is 283 g/mol. The zero-order valence-corrected chi connectivity index (χ0v) is 12.3. The summed E-state index contributed by atoms with van der Waals surface area (Å²) in [5.41, 5.74) is 0. The number of piperidine rings is 1. The van der Waals surface area contributed by atoms with Crippen molar-refractivity contribution in [3.8, 4) is 0 Å². The number of carbonyl (C=O) groups excluding carboxylic acids is 1. The van der Waals surface area contributed by atoms with Gasteiger partial charge in [-0.3, -0.25) is 9.69 Å². The van der Waals surface area contributed by atoms with Gasteiger partial charge in [0.1, 0.15) is 0 Å². The number of nitrogens with zero attached hydrogens (tertiary/aromatic N) is 3. The highest BCUT2D eigenvalue weighted by Crippen LogP contribution is 2.29. The number of likely N-dealkylation sites (tertiary alicyclic amines) is 1. The molecule has 3 aliphatic rings. The van der Waals surface area contributed by atoms with Crippen molar-refractivity contribution in [3.63, 3.8) is 0 Å². The highest BCUT2D eigenvalue weighted by Gasteiger charge is 2.41. The Morgan fingerprint density at radius 1 is 1.10 bits per heavy atom. The van der Waals surface area contributed by atoms with Gasteiger partial charge in [-0.15, -0.1) is 0 Å². The molecule has 0 aromatic heterocycles. The molecule has 1 amide bonds. The van der Waals surface area contributed by atoms with Gasteiger partial charge in [0.15, 0.2) is 5.79 Å². The Bertz CT molecular complexity index is 350. The van der Waals surface area contributed by atoms with E-state index in [1.807, 2.05) is 4.90 Å². The topological polar surface area (TPSA) is 45.2 Å². The minimum atomic E-state index is -0.430. The molecular formula is C14H25N3O3. The van der Waals surface area contributed by atoms with E-state index in [0.717, 1.165) is 52.1 Å². The molecule has 3 saturated heterocycles. The Hall–Kier alpha value is -0.690. The molecule has 0 unspecified atom stereocenters. The fraction of sp³-hybridized carbons (Fsp3) is 0.929. The quantitative estimate of drug-likeness (QED) is 0.690. The maximum absolute atomic E-state index is 12.4. The van der Waals surface area contributed by atoms with Crippen LogP contribution in [0.15, 0.2) is 0 Å². The summed E-state index contributed by atoms with van der Waals surface area (Å²) < 4.78 is 11.5. The maximum atomic E-state index is 12.4. The van der Waals surface area contributed by atoms with Crippen LogP contribution < -0.4 is 0 Å². The summed E-state index contributed by atoms with van der Waals surface area (Å²) in [6.45, 7) is 7.20. The second-order valence-corrected chi connectivity index (χ2v) is 6.11. The van der Waals surface area contributed by atoms with E-state index in [4.69, 9.17) is 9.47 Å². The SMILES string of the molecule is CN1CCN(C(=O)CN2CCCC3(C2)OCCO3)CC1. The van der Waals surface area contributed by atoms with Crippen molar-refractivity contribution in [2.45, 2.75) is 18.6 Å². The molecule has 3 heterocycles. The standard InChI is InChI=1S/C14H25N3O3/c1-15-5-7-17(8-6-15)13(18)11-16-4-2-3-14(12-16)19-9-10-20-14/h2-12H2,1H3. The molecule has 0 aliphatic carbocycles. The highest BCUT2D eigenvalue weighted by atomic mass is 16.7. The van der Waals surface area contributed by atoms with Crippen LogP contribution in [0, 0.1) is 0 Å². The van der Waals surface area contributed by atoms with Crippen molar-refractivity contribution >= 4 is 5.91 Å². The van der Waals surface area contributed by atoms with Crippen LogP contribution in [0.2, 0.25) is 0 Å². The first-order valence-corrected chi connectivity index (χ1v) is 7.63. The van der Waals surface area contributed by atoms with Crippen LogP contribution in [0.5, 0.6) is 0 Å². The normalized spacial score (nSPS) is 28.1. The molecule has 0 aromatic carbocycles. The molecule has 0 radical (unpaired) electrons. The molecule has 1 spiro atoms. The Balaban J connectivity index is 1.51. The van der Waals surface area contributed by atoms with Crippen LogP contribution in [0.25, 0.3) is 0 Å². The van der Waals surface area contributed by atoms with E-state index in [1.165, 1.54) is 0 Å². The number of carbonyl (C=O) groups is 1. The largest absolute Gasteiger partial charge is 0.346 e. The van der Waals surface area contributed by atoms with E-state index in [0.29, 0.717) is 19.8 Å². The van der Waals surface area contributed by atoms with Crippen molar-refractivity contribution in [2.24, 2.45) is 0 Å². The molecule has 114 valence electrons. The summed E-state index contributed by atoms with van der Waals surface area (Å²) in [6.07, 6.45) is 1.99. The van der Waals surface area contributed by atoms with Crippen LogP contribution in [0.1, 0.15) is 12.8 Å². The first-order chi connectivity index (χ1) is 9.67. The molecule has 3 rings (SSSR count). The summed E-state index contributed by atoms with van der Waals surface area (Å²) in [4.78, 5) is 18.8. The molecule has 0 bridgehead atoms. The number of likely N-dealkylation sites (N-methyl/N-ethyl adjacent to an activating group) is 1. The van der Waals surface area contributed by atoms with E-state index < -0.39 is 5.79 Å². The average Bonchev–Trinajstić information content (AvgIpc) is 2.87. The molecule has 6 nitrogen and oxygen atoms in total. The number of rotatable bonds is 2. The first kappa shape index (κ1) is 14.3. The molecule has 0 saturated carbocycles.